The van der Waals surface area contributed by atoms with Gasteiger partial charge in [0.15, 0.2) is 0 Å². The maximum Gasteiger partial charge on any atom is 0.268 e. The van der Waals surface area contributed by atoms with Crippen molar-refractivity contribution in [2.45, 2.75) is 264 Å². The van der Waals surface area contributed by atoms with E-state index in [4.69, 9.17) is 9.05 Å². The molecule has 0 saturated heterocycles. The molecule has 0 bridgehead atoms. The van der Waals surface area contributed by atoms with Crippen LogP contribution >= 0.6 is 7.82 Å². The summed E-state index contributed by atoms with van der Waals surface area (Å²) in [6.07, 6.45) is 61.8. The van der Waals surface area contributed by atoms with Gasteiger partial charge in [0.2, 0.25) is 5.91 Å². The summed E-state index contributed by atoms with van der Waals surface area (Å²) < 4.78 is 23.3. The number of amides is 1. The van der Waals surface area contributed by atoms with Gasteiger partial charge < -0.3 is 28.8 Å². The van der Waals surface area contributed by atoms with Crippen molar-refractivity contribution in [3.63, 3.8) is 0 Å². The van der Waals surface area contributed by atoms with Gasteiger partial charge in [-0.25, -0.2) is 0 Å². The van der Waals surface area contributed by atoms with Gasteiger partial charge in [-0.15, -0.1) is 0 Å². The second-order valence-corrected chi connectivity index (χ2v) is 21.3. The van der Waals surface area contributed by atoms with E-state index in [0.29, 0.717) is 23.9 Å². The number of nitrogens with one attached hydrogen (secondary N) is 1. The van der Waals surface area contributed by atoms with Crippen molar-refractivity contribution in [3.8, 4) is 0 Å². The number of nitrogens with zero attached hydrogens (tertiary/aromatic N) is 1. The third kappa shape index (κ3) is 50.2. The van der Waals surface area contributed by atoms with E-state index < -0.39 is 20.0 Å². The number of allylic oxidation sites excluding steroid dienone is 8. The lowest BCUT2D eigenvalue weighted by molar-refractivity contribution is -0.870. The monoisotopic (exact) mass is 935 g/mol. The number of likely N-dealkylation sites (N-methyl/N-ethyl adjacent to an activating group) is 1. The Morgan fingerprint density at radius 2 is 0.908 bits per heavy atom. The zero-order valence-corrected chi connectivity index (χ0v) is 44.3. The molecule has 2 N–H and O–H groups in total. The molecule has 0 aliphatic heterocycles. The fourth-order valence-electron chi connectivity index (χ4n) is 8.05. The highest BCUT2D eigenvalue weighted by molar-refractivity contribution is 7.45. The Morgan fingerprint density at radius 1 is 0.554 bits per heavy atom. The Hall–Kier alpha value is -1.54. The van der Waals surface area contributed by atoms with Crippen LogP contribution in [0.5, 0.6) is 0 Å². The Bertz CT molecular complexity index is 1200. The number of carbonyl (C=O) groups is 1. The molecule has 0 rings (SSSR count). The fraction of sp³-hybridized carbons (Fsp3) is 0.839. The van der Waals surface area contributed by atoms with Crippen molar-refractivity contribution in [1.82, 2.24) is 5.32 Å². The maximum absolute atomic E-state index is 12.9. The average Bonchev–Trinajstić information content (AvgIpc) is 3.26. The summed E-state index contributed by atoms with van der Waals surface area (Å²) in [4.78, 5) is 25.4. The first-order valence-electron chi connectivity index (χ1n) is 27.5. The van der Waals surface area contributed by atoms with Crippen molar-refractivity contribution in [2.75, 3.05) is 40.9 Å². The number of phosphoric acid groups is 1. The SMILES string of the molecule is CC/C=C\C/C=C\C/C=C\C/C=C\CCC(=O)NC(COP(=O)([O-])OCC[N+](C)(C)C)C(O)CCCCCCCCCCCCCCCCCCCCCCCCCCCCCCCC. The molecule has 0 saturated carbocycles. The van der Waals surface area contributed by atoms with Crippen LogP contribution in [0, 0.1) is 0 Å². The highest BCUT2D eigenvalue weighted by atomic mass is 31.2. The molecule has 8 nitrogen and oxygen atoms in total. The van der Waals surface area contributed by atoms with E-state index in [2.05, 4.69) is 55.6 Å². The summed E-state index contributed by atoms with van der Waals surface area (Å²) in [5, 5.41) is 13.9. The van der Waals surface area contributed by atoms with Crippen LogP contribution in [0.1, 0.15) is 251 Å². The van der Waals surface area contributed by atoms with Gasteiger partial charge in [0, 0.05) is 6.42 Å². The molecule has 3 unspecified atom stereocenters. The first kappa shape index (κ1) is 63.5. The molecular weight excluding hydrogens is 828 g/mol. The van der Waals surface area contributed by atoms with Gasteiger partial charge in [0.1, 0.15) is 13.2 Å². The Kier molecular flexibility index (Phi) is 46.4. The fourth-order valence-corrected chi connectivity index (χ4v) is 8.78. The van der Waals surface area contributed by atoms with E-state index in [1.165, 1.54) is 173 Å². The van der Waals surface area contributed by atoms with Crippen molar-refractivity contribution >= 4 is 13.7 Å². The van der Waals surface area contributed by atoms with E-state index in [-0.39, 0.29) is 25.5 Å². The van der Waals surface area contributed by atoms with Gasteiger partial charge >= 0.3 is 0 Å². The van der Waals surface area contributed by atoms with E-state index in [1.807, 2.05) is 33.3 Å². The number of hydrogen-bond acceptors (Lipinski definition) is 6. The Morgan fingerprint density at radius 3 is 1.28 bits per heavy atom. The van der Waals surface area contributed by atoms with Crippen LogP contribution in [0.15, 0.2) is 48.6 Å². The van der Waals surface area contributed by atoms with E-state index in [1.54, 1.807) is 0 Å². The van der Waals surface area contributed by atoms with Crippen molar-refractivity contribution in [1.29, 1.82) is 0 Å². The molecule has 0 aliphatic rings. The van der Waals surface area contributed by atoms with E-state index >= 15 is 0 Å². The third-order valence-corrected chi connectivity index (χ3v) is 13.3. The number of rotatable bonds is 50. The molecule has 0 fully saturated rings. The number of quaternary nitrogens is 1. The zero-order valence-electron chi connectivity index (χ0n) is 43.4. The Labute approximate surface area is 403 Å². The van der Waals surface area contributed by atoms with Gasteiger partial charge in [-0.3, -0.25) is 9.36 Å². The van der Waals surface area contributed by atoms with Gasteiger partial charge in [-0.05, 0) is 38.5 Å². The van der Waals surface area contributed by atoms with Crippen molar-refractivity contribution < 1.29 is 32.9 Å². The number of carbonyl (C=O) groups excluding carboxylic acids is 1. The second-order valence-electron chi connectivity index (χ2n) is 19.9. The molecule has 0 aromatic heterocycles. The van der Waals surface area contributed by atoms with E-state index in [9.17, 15) is 19.4 Å². The molecule has 9 heteroatoms. The second kappa shape index (κ2) is 47.5. The van der Waals surface area contributed by atoms with Crippen molar-refractivity contribution in [2.24, 2.45) is 0 Å². The van der Waals surface area contributed by atoms with Crippen molar-refractivity contribution in [3.05, 3.63) is 48.6 Å². The summed E-state index contributed by atoms with van der Waals surface area (Å²) in [5.41, 5.74) is 0. The molecule has 0 aliphatic carbocycles. The molecular formula is C56H107N2O6P. The highest BCUT2D eigenvalue weighted by Crippen LogP contribution is 2.38. The summed E-state index contributed by atoms with van der Waals surface area (Å²) in [7, 11) is 1.26. The summed E-state index contributed by atoms with van der Waals surface area (Å²) >= 11 is 0. The highest BCUT2D eigenvalue weighted by Gasteiger charge is 2.24. The first-order valence-corrected chi connectivity index (χ1v) is 28.9. The predicted molar refractivity (Wildman–Crippen MR) is 279 cm³/mol. The van der Waals surface area contributed by atoms with Gasteiger partial charge in [0.25, 0.3) is 7.82 Å². The predicted octanol–water partition coefficient (Wildman–Crippen LogP) is 15.7. The molecule has 382 valence electrons. The average molecular weight is 935 g/mol. The van der Waals surface area contributed by atoms with Gasteiger partial charge in [-0.1, -0.05) is 255 Å². The smallest absolute Gasteiger partial charge is 0.268 e. The molecule has 0 spiro atoms. The summed E-state index contributed by atoms with van der Waals surface area (Å²) in [5.74, 6) is -0.243. The molecule has 0 aromatic rings. The van der Waals surface area contributed by atoms with Gasteiger partial charge in [-0.2, -0.15) is 0 Å². The van der Waals surface area contributed by atoms with Crippen LogP contribution in [0.25, 0.3) is 0 Å². The normalized spacial score (nSPS) is 14.4. The van der Waals surface area contributed by atoms with E-state index in [0.717, 1.165) is 44.9 Å². The number of aliphatic hydroxyl groups is 1. The van der Waals surface area contributed by atoms with Crippen LogP contribution in [-0.2, 0) is 18.4 Å². The number of phosphoric ester groups is 1. The minimum Gasteiger partial charge on any atom is -0.756 e. The Balaban J connectivity index is 4.09. The quantitative estimate of drug-likeness (QED) is 0.0272. The first-order chi connectivity index (χ1) is 31.5. The minimum absolute atomic E-state index is 0.00159. The zero-order chi connectivity index (χ0) is 47.8. The van der Waals surface area contributed by atoms with Crippen LogP contribution in [-0.4, -0.2) is 68.5 Å². The molecule has 3 atom stereocenters. The number of aliphatic hydroxyl groups excluding tert-OH is 1. The third-order valence-electron chi connectivity index (χ3n) is 12.3. The van der Waals surface area contributed by atoms with Crippen LogP contribution in [0.3, 0.4) is 0 Å². The minimum atomic E-state index is -4.59. The summed E-state index contributed by atoms with van der Waals surface area (Å²) in [6, 6.07) is -0.840. The summed E-state index contributed by atoms with van der Waals surface area (Å²) in [6.45, 7) is 4.56. The number of unbranched alkanes of at least 4 members (excludes halogenated alkanes) is 29. The number of hydrogen-bond donors (Lipinski definition) is 2. The lowest BCUT2D eigenvalue weighted by atomic mass is 10.0. The maximum atomic E-state index is 12.9. The topological polar surface area (TPSA) is 108 Å². The standard InChI is InChI=1S/C56H107N2O6P/c1-6-8-10-12-14-16-18-20-21-22-23-24-25-26-27-28-29-30-31-32-33-34-35-36-38-39-41-43-45-47-49-55(59)54(53-64-65(61,62)63-52-51-58(3,4)5)57-56(60)50-48-46-44-42-40-37-19-17-15-13-11-9-7-2/h9,11,15,17,37,40,44,46,54-55,59H,6-8,10,12-14,16,18-36,38-39,41-43,45,47-53H2,1-5H3,(H-,57,60,61,62)/b11-9-,17-15-,40-37-,46-44-. The van der Waals surface area contributed by atoms with Gasteiger partial charge in [0.05, 0.1) is 39.9 Å². The molecule has 0 heterocycles. The van der Waals surface area contributed by atoms with Crippen LogP contribution < -0.4 is 10.2 Å². The van der Waals surface area contributed by atoms with Crippen LogP contribution in [0.4, 0.5) is 0 Å². The molecule has 0 radical (unpaired) electrons. The lowest BCUT2D eigenvalue weighted by Gasteiger charge is -2.30. The van der Waals surface area contributed by atoms with Crippen LogP contribution in [0.2, 0.25) is 0 Å². The molecule has 65 heavy (non-hydrogen) atoms. The lowest BCUT2D eigenvalue weighted by Crippen LogP contribution is -2.46. The molecule has 0 aromatic carbocycles. The largest absolute Gasteiger partial charge is 0.756 e. The molecule has 1 amide bonds.